The number of benzene rings is 2. The van der Waals surface area contributed by atoms with E-state index in [1.165, 1.54) is 12.0 Å². The Hall–Kier alpha value is -3.45. The number of nitrogens with one attached hydrogen (secondary N) is 1. The fraction of sp³-hybridized carbons (Fsp3) is 0.136. The van der Waals surface area contributed by atoms with Gasteiger partial charge < -0.3 is 9.30 Å². The predicted molar refractivity (Wildman–Crippen MR) is 117 cm³/mol. The monoisotopic (exact) mass is 405 g/mol. The van der Waals surface area contributed by atoms with Gasteiger partial charge in [0.25, 0.3) is 11.8 Å². The third-order valence-electron chi connectivity index (χ3n) is 4.89. The van der Waals surface area contributed by atoms with Crippen molar-refractivity contribution in [2.75, 3.05) is 12.0 Å². The molecule has 1 aliphatic rings. The summed E-state index contributed by atoms with van der Waals surface area (Å²) >= 11 is 5.27. The highest BCUT2D eigenvalue weighted by atomic mass is 32.1. The number of hydrogen-bond acceptors (Lipinski definition) is 4. The summed E-state index contributed by atoms with van der Waals surface area (Å²) in [6, 6.07) is 14.9. The second-order valence-electron chi connectivity index (χ2n) is 6.52. The molecule has 7 heteroatoms. The summed E-state index contributed by atoms with van der Waals surface area (Å²) in [4.78, 5) is 27.2. The van der Waals surface area contributed by atoms with Crippen molar-refractivity contribution >= 4 is 51.8 Å². The lowest BCUT2D eigenvalue weighted by Gasteiger charge is -2.29. The molecule has 1 saturated heterocycles. The Morgan fingerprint density at radius 3 is 2.59 bits per heavy atom. The lowest BCUT2D eigenvalue weighted by molar-refractivity contribution is -0.122. The van der Waals surface area contributed by atoms with Crippen LogP contribution in [0, 0.1) is 0 Å². The smallest absolute Gasteiger partial charge is 0.270 e. The molecule has 0 bridgehead atoms. The molecule has 1 N–H and O–H groups in total. The summed E-state index contributed by atoms with van der Waals surface area (Å²) in [5, 5.41) is 3.61. The van der Waals surface area contributed by atoms with Crippen molar-refractivity contribution in [1.82, 2.24) is 9.88 Å². The first kappa shape index (κ1) is 18.9. The molecule has 2 amide bonds. The Labute approximate surface area is 173 Å². The fourth-order valence-electron chi connectivity index (χ4n) is 3.50. The topological polar surface area (TPSA) is 63.6 Å². The number of rotatable bonds is 4. The first-order chi connectivity index (χ1) is 14.0. The summed E-state index contributed by atoms with van der Waals surface area (Å²) in [5.74, 6) is -0.516. The zero-order valence-corrected chi connectivity index (χ0v) is 16.8. The number of carbonyl (C=O) groups excluding carboxylic acids is 2. The molecule has 0 radical (unpaired) electrons. The number of amides is 2. The SMILES string of the molecule is CCn1cc(/C=C2/C(=O)NC(=S)N(c3ccccc3OC)C2=O)c2ccccc21. The molecule has 2 aromatic carbocycles. The van der Waals surface area contributed by atoms with Crippen LogP contribution in [-0.2, 0) is 16.1 Å². The highest BCUT2D eigenvalue weighted by Gasteiger charge is 2.35. The third kappa shape index (κ3) is 3.19. The molecular formula is C22H19N3O3S. The van der Waals surface area contributed by atoms with Gasteiger partial charge in [0, 0.05) is 29.2 Å². The highest BCUT2D eigenvalue weighted by molar-refractivity contribution is 7.80. The van der Waals surface area contributed by atoms with Crippen LogP contribution in [0.3, 0.4) is 0 Å². The van der Waals surface area contributed by atoms with E-state index in [0.717, 1.165) is 23.0 Å². The zero-order chi connectivity index (χ0) is 20.5. The second-order valence-corrected chi connectivity index (χ2v) is 6.90. The van der Waals surface area contributed by atoms with Gasteiger partial charge in [-0.25, -0.2) is 4.90 Å². The first-order valence-electron chi connectivity index (χ1n) is 9.17. The number of ether oxygens (including phenoxy) is 1. The van der Waals surface area contributed by atoms with E-state index in [1.807, 2.05) is 37.4 Å². The molecule has 2 heterocycles. The summed E-state index contributed by atoms with van der Waals surface area (Å²) in [5.41, 5.74) is 2.34. The molecule has 146 valence electrons. The van der Waals surface area contributed by atoms with Crippen molar-refractivity contribution in [3.63, 3.8) is 0 Å². The number of thiocarbonyl (C=S) groups is 1. The van der Waals surface area contributed by atoms with Gasteiger partial charge in [-0.3, -0.25) is 14.9 Å². The Morgan fingerprint density at radius 2 is 1.83 bits per heavy atom. The van der Waals surface area contributed by atoms with Gasteiger partial charge in [-0.05, 0) is 43.4 Å². The van der Waals surface area contributed by atoms with Gasteiger partial charge in [-0.2, -0.15) is 0 Å². The van der Waals surface area contributed by atoms with E-state index >= 15 is 0 Å². The largest absolute Gasteiger partial charge is 0.495 e. The highest BCUT2D eigenvalue weighted by Crippen LogP contribution is 2.31. The predicted octanol–water partition coefficient (Wildman–Crippen LogP) is 3.50. The maximum absolute atomic E-state index is 13.3. The lowest BCUT2D eigenvalue weighted by atomic mass is 10.1. The first-order valence-corrected chi connectivity index (χ1v) is 9.58. The van der Waals surface area contributed by atoms with Crippen LogP contribution >= 0.6 is 12.2 Å². The van der Waals surface area contributed by atoms with E-state index in [1.54, 1.807) is 30.3 Å². The Kier molecular flexibility index (Phi) is 4.90. The van der Waals surface area contributed by atoms with Crippen molar-refractivity contribution in [3.8, 4) is 5.75 Å². The molecule has 0 spiro atoms. The number of fused-ring (bicyclic) bond motifs is 1. The van der Waals surface area contributed by atoms with Crippen LogP contribution in [0.15, 0.2) is 60.3 Å². The number of aromatic nitrogens is 1. The van der Waals surface area contributed by atoms with E-state index < -0.39 is 11.8 Å². The molecule has 0 atom stereocenters. The van der Waals surface area contributed by atoms with E-state index in [2.05, 4.69) is 9.88 Å². The second kappa shape index (κ2) is 7.52. The lowest BCUT2D eigenvalue weighted by Crippen LogP contribution is -2.54. The third-order valence-corrected chi connectivity index (χ3v) is 5.17. The van der Waals surface area contributed by atoms with E-state index in [0.29, 0.717) is 11.4 Å². The van der Waals surface area contributed by atoms with Crippen LogP contribution in [0.1, 0.15) is 12.5 Å². The maximum Gasteiger partial charge on any atom is 0.270 e. The van der Waals surface area contributed by atoms with Crippen molar-refractivity contribution in [3.05, 3.63) is 65.9 Å². The van der Waals surface area contributed by atoms with Gasteiger partial charge in [-0.1, -0.05) is 30.3 Å². The van der Waals surface area contributed by atoms with Crippen LogP contribution in [-0.4, -0.2) is 28.6 Å². The Morgan fingerprint density at radius 1 is 1.10 bits per heavy atom. The van der Waals surface area contributed by atoms with Crippen LogP contribution in [0.4, 0.5) is 5.69 Å². The minimum absolute atomic E-state index is 0.0171. The average molecular weight is 405 g/mol. The van der Waals surface area contributed by atoms with Crippen LogP contribution in [0.2, 0.25) is 0 Å². The summed E-state index contributed by atoms with van der Waals surface area (Å²) in [7, 11) is 1.52. The van der Waals surface area contributed by atoms with E-state index in [9.17, 15) is 9.59 Å². The summed E-state index contributed by atoms with van der Waals surface area (Å²) in [6.45, 7) is 2.82. The van der Waals surface area contributed by atoms with E-state index in [-0.39, 0.29) is 10.7 Å². The quantitative estimate of drug-likeness (QED) is 0.410. The average Bonchev–Trinajstić information content (AvgIpc) is 3.09. The van der Waals surface area contributed by atoms with Gasteiger partial charge in [0.2, 0.25) is 0 Å². The normalized spacial score (nSPS) is 15.9. The van der Waals surface area contributed by atoms with Crippen LogP contribution in [0.5, 0.6) is 5.75 Å². The van der Waals surface area contributed by atoms with Crippen molar-refractivity contribution in [1.29, 1.82) is 0 Å². The van der Waals surface area contributed by atoms with Gasteiger partial charge in [0.05, 0.1) is 12.8 Å². The van der Waals surface area contributed by atoms with Crippen molar-refractivity contribution < 1.29 is 14.3 Å². The summed E-state index contributed by atoms with van der Waals surface area (Å²) in [6.07, 6.45) is 3.56. The number of aryl methyl sites for hydroxylation is 1. The van der Waals surface area contributed by atoms with Gasteiger partial charge in [0.15, 0.2) is 5.11 Å². The standard InChI is InChI=1S/C22H19N3O3S/c1-3-24-13-14(15-8-4-5-9-17(15)24)12-16-20(26)23-22(29)25(21(16)27)18-10-6-7-11-19(18)28-2/h4-13H,3H2,1-2H3,(H,23,26,29)/b16-12-. The molecule has 0 saturated carbocycles. The number of para-hydroxylation sites is 3. The molecule has 29 heavy (non-hydrogen) atoms. The zero-order valence-electron chi connectivity index (χ0n) is 16.0. The molecule has 1 aliphatic heterocycles. The van der Waals surface area contributed by atoms with Crippen molar-refractivity contribution in [2.24, 2.45) is 0 Å². The van der Waals surface area contributed by atoms with Gasteiger partial charge in [-0.15, -0.1) is 0 Å². The van der Waals surface area contributed by atoms with Gasteiger partial charge in [0.1, 0.15) is 11.3 Å². The Balaban J connectivity index is 1.83. The van der Waals surface area contributed by atoms with Gasteiger partial charge >= 0.3 is 0 Å². The summed E-state index contributed by atoms with van der Waals surface area (Å²) < 4.78 is 7.44. The molecule has 1 aromatic heterocycles. The molecule has 4 rings (SSSR count). The fourth-order valence-corrected chi connectivity index (χ4v) is 3.77. The number of methoxy groups -OCH3 is 1. The molecule has 3 aromatic rings. The number of hydrogen-bond donors (Lipinski definition) is 1. The van der Waals surface area contributed by atoms with Crippen LogP contribution < -0.4 is 15.0 Å². The number of anilines is 1. The number of nitrogens with zero attached hydrogens (tertiary/aromatic N) is 2. The molecule has 0 aliphatic carbocycles. The minimum atomic E-state index is -0.514. The van der Waals surface area contributed by atoms with Crippen LogP contribution in [0.25, 0.3) is 17.0 Å². The maximum atomic E-state index is 13.3. The molecule has 1 fully saturated rings. The van der Waals surface area contributed by atoms with Crippen molar-refractivity contribution in [2.45, 2.75) is 13.5 Å². The molecule has 6 nitrogen and oxygen atoms in total. The molecule has 0 unspecified atom stereocenters. The minimum Gasteiger partial charge on any atom is -0.495 e. The van der Waals surface area contributed by atoms with E-state index in [4.69, 9.17) is 17.0 Å². The number of carbonyl (C=O) groups is 2. The molecular weight excluding hydrogens is 386 g/mol. The Bertz CT molecular complexity index is 1180.